The molecule has 0 saturated heterocycles. The van der Waals surface area contributed by atoms with Gasteiger partial charge in [-0.05, 0) is 141 Å². The van der Waals surface area contributed by atoms with Gasteiger partial charge in [-0.15, -0.1) is 0 Å². The molecule has 0 spiro atoms. The topological polar surface area (TPSA) is 137 Å². The van der Waals surface area contributed by atoms with Crippen LogP contribution in [0.5, 0.6) is 23.0 Å². The third-order valence-electron chi connectivity index (χ3n) is 15.2. The fourth-order valence-corrected chi connectivity index (χ4v) is 10.9. The second-order valence-corrected chi connectivity index (χ2v) is 20.8. The quantitative estimate of drug-likeness (QED) is 0.0891. The Balaban J connectivity index is 1.03. The lowest BCUT2D eigenvalue weighted by Crippen LogP contribution is -2.41. The maximum atomic E-state index is 13.9. The number of hydrogen-bond donors (Lipinski definition) is 1. The Hall–Kier alpha value is -8.08. The van der Waals surface area contributed by atoms with Crippen molar-refractivity contribution in [1.29, 1.82) is 10.5 Å². The van der Waals surface area contributed by atoms with Crippen molar-refractivity contribution in [3.05, 3.63) is 243 Å². The van der Waals surface area contributed by atoms with Crippen LogP contribution in [0.3, 0.4) is 0 Å². The van der Waals surface area contributed by atoms with Gasteiger partial charge in [0.2, 0.25) is 0 Å². The van der Waals surface area contributed by atoms with Gasteiger partial charge in [0.1, 0.15) is 35.1 Å². The first-order valence-electron chi connectivity index (χ1n) is 23.4. The van der Waals surface area contributed by atoms with Crippen LogP contribution in [0.1, 0.15) is 112 Å². The molecule has 0 aromatic heterocycles. The van der Waals surface area contributed by atoms with Crippen molar-refractivity contribution in [2.24, 2.45) is 5.41 Å². The first kappa shape index (κ1) is 48.0. The minimum atomic E-state index is -4.50. The Labute approximate surface area is 416 Å². The van der Waals surface area contributed by atoms with Crippen LogP contribution < -0.4 is 9.47 Å². The molecule has 1 unspecified atom stereocenters. The predicted molar refractivity (Wildman–Crippen MR) is 277 cm³/mol. The van der Waals surface area contributed by atoms with E-state index in [4.69, 9.17) is 9.47 Å². The van der Waals surface area contributed by atoms with E-state index < -0.39 is 26.4 Å². The fourth-order valence-electron chi connectivity index (χ4n) is 10.4. The second-order valence-electron chi connectivity index (χ2n) is 19.4. The summed E-state index contributed by atoms with van der Waals surface area (Å²) < 4.78 is 46.4. The first-order valence-corrected chi connectivity index (χ1v) is 24.9. The van der Waals surface area contributed by atoms with E-state index in [-0.39, 0.29) is 22.2 Å². The van der Waals surface area contributed by atoms with Gasteiger partial charge in [0.05, 0.1) is 21.4 Å². The number of ketones is 1. The summed E-state index contributed by atoms with van der Waals surface area (Å²) in [4.78, 5) is 13.5. The number of carbonyl (C=O) groups excluding carboxylic acids is 1. The molecule has 0 aliphatic heterocycles. The summed E-state index contributed by atoms with van der Waals surface area (Å²) in [6.07, 6.45) is 0. The van der Waals surface area contributed by atoms with Crippen LogP contribution >= 0.6 is 0 Å². The largest absolute Gasteiger partial charge is 0.456 e. The van der Waals surface area contributed by atoms with Gasteiger partial charge in [0, 0.05) is 11.1 Å². The standard InChI is InChI=1S/C62H52N2O6S/c1-39-15-12-23-57(52(39)37-63)69-46-31-27-44(28-32-46)62(55-20-10-8-18-49(55)50-19-9-11-21-56(50)62)45-29-33-47(34-30-45)70-58-24-14-22-54(53(58)38-64)61(6,7)60(4,5)41(3)42-26-25-40(2)51(36-42)59(65)43-16-13-17-48(35-43)71(66,67)68/h8-36,41H,1-7H3,(H,66,67,68). The number of rotatable bonds is 13. The van der Waals surface area contributed by atoms with Gasteiger partial charge in [-0.1, -0.05) is 156 Å². The Morgan fingerprint density at radius 1 is 0.606 bits per heavy atom. The molecule has 8 aromatic rings. The second kappa shape index (κ2) is 18.3. The van der Waals surface area contributed by atoms with Crippen molar-refractivity contribution < 1.29 is 27.2 Å². The van der Waals surface area contributed by atoms with Crippen LogP contribution in [0.4, 0.5) is 0 Å². The van der Waals surface area contributed by atoms with Gasteiger partial charge in [0.25, 0.3) is 10.1 Å². The Kier molecular flexibility index (Phi) is 12.4. The lowest BCUT2D eigenvalue weighted by molar-refractivity contribution is 0.103. The van der Waals surface area contributed by atoms with E-state index in [2.05, 4.69) is 120 Å². The maximum Gasteiger partial charge on any atom is 0.294 e. The van der Waals surface area contributed by atoms with Crippen molar-refractivity contribution in [2.75, 3.05) is 0 Å². The summed E-state index contributed by atoms with van der Waals surface area (Å²) in [5.74, 6) is 1.63. The highest BCUT2D eigenvalue weighted by atomic mass is 32.2. The van der Waals surface area contributed by atoms with Gasteiger partial charge in [-0.2, -0.15) is 18.9 Å². The zero-order valence-corrected chi connectivity index (χ0v) is 41.4. The minimum Gasteiger partial charge on any atom is -0.456 e. The van der Waals surface area contributed by atoms with E-state index in [1.54, 1.807) is 0 Å². The van der Waals surface area contributed by atoms with E-state index in [1.165, 1.54) is 24.3 Å². The van der Waals surface area contributed by atoms with E-state index >= 15 is 0 Å². The number of ether oxygens (including phenoxy) is 2. The molecule has 0 fully saturated rings. The average molecular weight is 953 g/mol. The molecule has 9 heteroatoms. The summed E-state index contributed by atoms with van der Waals surface area (Å²) >= 11 is 0. The molecular formula is C62H52N2O6S. The van der Waals surface area contributed by atoms with Gasteiger partial charge in [-0.25, -0.2) is 0 Å². The predicted octanol–water partition coefficient (Wildman–Crippen LogP) is 14.6. The molecule has 352 valence electrons. The van der Waals surface area contributed by atoms with Gasteiger partial charge in [-0.3, -0.25) is 9.35 Å². The smallest absolute Gasteiger partial charge is 0.294 e. The zero-order valence-electron chi connectivity index (χ0n) is 40.6. The summed E-state index contributed by atoms with van der Waals surface area (Å²) in [6.45, 7) is 14.4. The summed E-state index contributed by atoms with van der Waals surface area (Å²) in [5, 5.41) is 20.8. The lowest BCUT2D eigenvalue weighted by atomic mass is 9.57. The Morgan fingerprint density at radius 3 is 1.68 bits per heavy atom. The van der Waals surface area contributed by atoms with E-state index in [1.807, 2.05) is 92.7 Å². The highest BCUT2D eigenvalue weighted by Crippen LogP contribution is 2.57. The third-order valence-corrected chi connectivity index (χ3v) is 16.1. The number of nitrogens with zero attached hydrogens (tertiary/aromatic N) is 2. The molecule has 1 aliphatic rings. The molecule has 8 aromatic carbocycles. The van der Waals surface area contributed by atoms with Crippen LogP contribution in [0.15, 0.2) is 181 Å². The van der Waals surface area contributed by atoms with Crippen molar-refractivity contribution in [3.8, 4) is 46.3 Å². The van der Waals surface area contributed by atoms with Crippen LogP contribution in [0.2, 0.25) is 0 Å². The Morgan fingerprint density at radius 2 is 1.13 bits per heavy atom. The molecule has 1 atom stereocenters. The average Bonchev–Trinajstić information content (AvgIpc) is 3.67. The summed E-state index contributed by atoms with van der Waals surface area (Å²) in [6, 6.07) is 60.5. The van der Waals surface area contributed by atoms with Crippen molar-refractivity contribution >= 4 is 15.9 Å². The summed E-state index contributed by atoms with van der Waals surface area (Å²) in [7, 11) is -4.50. The van der Waals surface area contributed by atoms with Crippen molar-refractivity contribution in [3.63, 3.8) is 0 Å². The Bertz CT molecular complexity index is 3550. The number of aryl methyl sites for hydroxylation is 2. The van der Waals surface area contributed by atoms with Crippen LogP contribution in [0, 0.1) is 41.9 Å². The molecule has 71 heavy (non-hydrogen) atoms. The van der Waals surface area contributed by atoms with Gasteiger partial charge < -0.3 is 9.47 Å². The molecule has 9 rings (SSSR count). The van der Waals surface area contributed by atoms with E-state index in [0.29, 0.717) is 39.7 Å². The SMILES string of the molecule is Cc1ccc(C(C)C(C)(C)C(C)(C)c2cccc(Oc3ccc(C4(c5ccc(Oc6cccc(C)c6C#N)cc5)c5ccccc5-c5ccccc54)cc3)c2C#N)cc1C(=O)c1cccc(S(=O)(=O)O)c1. The van der Waals surface area contributed by atoms with Crippen molar-refractivity contribution in [1.82, 2.24) is 0 Å². The van der Waals surface area contributed by atoms with Gasteiger partial charge in [0.15, 0.2) is 5.78 Å². The number of nitriles is 2. The molecule has 0 heterocycles. The van der Waals surface area contributed by atoms with Crippen LogP contribution in [0.25, 0.3) is 11.1 Å². The molecule has 1 aliphatic carbocycles. The molecule has 0 radical (unpaired) electrons. The molecule has 0 saturated carbocycles. The monoisotopic (exact) mass is 952 g/mol. The molecule has 1 N–H and O–H groups in total. The van der Waals surface area contributed by atoms with Crippen LogP contribution in [-0.4, -0.2) is 18.8 Å². The van der Waals surface area contributed by atoms with Crippen molar-refractivity contribution in [2.45, 2.75) is 70.1 Å². The highest BCUT2D eigenvalue weighted by molar-refractivity contribution is 7.85. The normalized spacial score (nSPS) is 13.3. The third kappa shape index (κ3) is 8.27. The molecule has 8 nitrogen and oxygen atoms in total. The zero-order chi connectivity index (χ0) is 50.5. The molecular weight excluding hydrogens is 901 g/mol. The van der Waals surface area contributed by atoms with E-state index in [9.17, 15) is 28.3 Å². The number of fused-ring (bicyclic) bond motifs is 3. The van der Waals surface area contributed by atoms with Crippen LogP contribution in [-0.2, 0) is 20.9 Å². The molecule has 0 bridgehead atoms. The summed E-state index contributed by atoms with van der Waals surface area (Å²) in [5.41, 5.74) is 9.63. The highest BCUT2D eigenvalue weighted by Gasteiger charge is 2.47. The van der Waals surface area contributed by atoms with Gasteiger partial charge >= 0.3 is 0 Å². The number of benzene rings is 8. The lowest BCUT2D eigenvalue weighted by Gasteiger charge is -2.47. The fraction of sp³-hybridized carbons (Fsp3) is 0.177. The minimum absolute atomic E-state index is 0.135. The maximum absolute atomic E-state index is 13.9. The van der Waals surface area contributed by atoms with E-state index in [0.717, 1.165) is 55.6 Å². The number of carbonyl (C=O) groups is 1. The molecule has 0 amide bonds. The number of hydrogen-bond acceptors (Lipinski definition) is 7. The first-order chi connectivity index (χ1) is 33.9.